The molecule has 2 rings (SSSR count). The Balaban J connectivity index is 1.94. The Hall–Kier alpha value is -1.16. The van der Waals surface area contributed by atoms with Crippen LogP contribution >= 0.6 is 11.8 Å². The molecule has 2 amide bonds. The van der Waals surface area contributed by atoms with Crippen LogP contribution in [-0.4, -0.2) is 18.3 Å². The van der Waals surface area contributed by atoms with Gasteiger partial charge in [-0.3, -0.25) is 0 Å². The van der Waals surface area contributed by atoms with Gasteiger partial charge in [-0.15, -0.1) is 11.8 Å². The first kappa shape index (κ1) is 11.3. The summed E-state index contributed by atoms with van der Waals surface area (Å²) in [5.41, 5.74) is 0.881. The normalized spacial score (nSPS) is 15.3. The van der Waals surface area contributed by atoms with E-state index in [0.29, 0.717) is 6.04 Å². The van der Waals surface area contributed by atoms with Crippen molar-refractivity contribution in [3.05, 3.63) is 24.3 Å². The summed E-state index contributed by atoms with van der Waals surface area (Å²) < 4.78 is 0. The molecule has 0 atom stereocenters. The number of benzene rings is 1. The molecule has 4 heteroatoms. The van der Waals surface area contributed by atoms with Gasteiger partial charge in [0.2, 0.25) is 0 Å². The van der Waals surface area contributed by atoms with Gasteiger partial charge >= 0.3 is 6.03 Å². The van der Waals surface area contributed by atoms with Gasteiger partial charge in [0.1, 0.15) is 0 Å². The van der Waals surface area contributed by atoms with Crippen molar-refractivity contribution in [1.82, 2.24) is 5.32 Å². The van der Waals surface area contributed by atoms with Crippen LogP contribution in [0.2, 0.25) is 0 Å². The Kier molecular flexibility index (Phi) is 3.72. The number of hydrogen-bond acceptors (Lipinski definition) is 2. The van der Waals surface area contributed by atoms with E-state index in [1.165, 1.54) is 6.42 Å². The van der Waals surface area contributed by atoms with Gasteiger partial charge in [-0.25, -0.2) is 4.79 Å². The Morgan fingerprint density at radius 1 is 1.38 bits per heavy atom. The highest BCUT2D eigenvalue weighted by Crippen LogP contribution is 2.24. The first-order valence-corrected chi connectivity index (χ1v) is 6.72. The number of carbonyl (C=O) groups is 1. The van der Waals surface area contributed by atoms with Crippen molar-refractivity contribution in [2.24, 2.45) is 0 Å². The van der Waals surface area contributed by atoms with Crippen LogP contribution in [0.1, 0.15) is 19.3 Å². The highest BCUT2D eigenvalue weighted by Gasteiger charge is 2.19. The zero-order chi connectivity index (χ0) is 11.4. The number of carbonyl (C=O) groups excluding carboxylic acids is 1. The topological polar surface area (TPSA) is 41.1 Å². The summed E-state index contributed by atoms with van der Waals surface area (Å²) in [6.07, 6.45) is 5.45. The maximum atomic E-state index is 11.7. The first-order chi connectivity index (χ1) is 7.79. The van der Waals surface area contributed by atoms with Gasteiger partial charge in [0.05, 0.1) is 5.69 Å². The minimum Gasteiger partial charge on any atom is -0.335 e. The van der Waals surface area contributed by atoms with Crippen molar-refractivity contribution in [3.63, 3.8) is 0 Å². The second-order valence-electron chi connectivity index (χ2n) is 3.93. The molecule has 0 spiro atoms. The second-order valence-corrected chi connectivity index (χ2v) is 4.77. The summed E-state index contributed by atoms with van der Waals surface area (Å²) in [7, 11) is 0. The van der Waals surface area contributed by atoms with Crippen LogP contribution in [0.15, 0.2) is 29.2 Å². The molecule has 0 saturated heterocycles. The van der Waals surface area contributed by atoms with E-state index in [1.54, 1.807) is 11.8 Å². The van der Waals surface area contributed by atoms with Gasteiger partial charge in [-0.1, -0.05) is 12.1 Å². The molecule has 2 N–H and O–H groups in total. The molecule has 16 heavy (non-hydrogen) atoms. The molecule has 0 radical (unpaired) electrons. The number of nitrogens with one attached hydrogen (secondary N) is 2. The van der Waals surface area contributed by atoms with Crippen molar-refractivity contribution in [3.8, 4) is 0 Å². The number of amides is 2. The van der Waals surface area contributed by atoms with E-state index in [1.807, 2.05) is 30.5 Å². The smallest absolute Gasteiger partial charge is 0.319 e. The molecule has 0 aromatic heterocycles. The lowest BCUT2D eigenvalue weighted by molar-refractivity contribution is 0.240. The predicted octanol–water partition coefficient (Wildman–Crippen LogP) is 3.08. The van der Waals surface area contributed by atoms with Crippen molar-refractivity contribution < 1.29 is 4.79 Å². The van der Waals surface area contributed by atoms with Gasteiger partial charge in [0.15, 0.2) is 0 Å². The maximum absolute atomic E-state index is 11.7. The van der Waals surface area contributed by atoms with Gasteiger partial charge in [0.25, 0.3) is 0 Å². The quantitative estimate of drug-likeness (QED) is 0.792. The van der Waals surface area contributed by atoms with Crippen molar-refractivity contribution in [1.29, 1.82) is 0 Å². The summed E-state index contributed by atoms with van der Waals surface area (Å²) in [5, 5.41) is 5.85. The molecular formula is C12H16N2OS. The van der Waals surface area contributed by atoms with Gasteiger partial charge in [0, 0.05) is 10.9 Å². The minimum atomic E-state index is -0.0915. The molecule has 1 aromatic carbocycles. The van der Waals surface area contributed by atoms with E-state index in [9.17, 15) is 4.79 Å². The Morgan fingerprint density at radius 3 is 2.75 bits per heavy atom. The van der Waals surface area contributed by atoms with E-state index < -0.39 is 0 Å². The zero-order valence-corrected chi connectivity index (χ0v) is 10.1. The lowest BCUT2D eigenvalue weighted by atomic mass is 9.93. The largest absolute Gasteiger partial charge is 0.335 e. The summed E-state index contributed by atoms with van der Waals surface area (Å²) in [6.45, 7) is 0. The number of rotatable bonds is 3. The lowest BCUT2D eigenvalue weighted by Gasteiger charge is -2.26. The summed E-state index contributed by atoms with van der Waals surface area (Å²) in [5.74, 6) is 0. The van der Waals surface area contributed by atoms with Crippen molar-refractivity contribution >= 4 is 23.5 Å². The number of para-hydroxylation sites is 1. The summed E-state index contributed by atoms with van der Waals surface area (Å²) in [4.78, 5) is 12.7. The van der Waals surface area contributed by atoms with Crippen molar-refractivity contribution in [2.75, 3.05) is 11.6 Å². The highest BCUT2D eigenvalue weighted by atomic mass is 32.2. The first-order valence-electron chi connectivity index (χ1n) is 5.50. The molecule has 86 valence electrons. The molecule has 1 aliphatic carbocycles. The van der Waals surface area contributed by atoms with Gasteiger partial charge < -0.3 is 10.6 Å². The van der Waals surface area contributed by atoms with Crippen LogP contribution in [-0.2, 0) is 0 Å². The zero-order valence-electron chi connectivity index (χ0n) is 9.32. The monoisotopic (exact) mass is 236 g/mol. The number of thioether (sulfide) groups is 1. The Bertz CT molecular complexity index is 377. The fraction of sp³-hybridized carbons (Fsp3) is 0.417. The molecule has 3 nitrogen and oxygen atoms in total. The van der Waals surface area contributed by atoms with Crippen LogP contribution in [0, 0.1) is 0 Å². The van der Waals surface area contributed by atoms with Crippen LogP contribution in [0.4, 0.5) is 10.5 Å². The molecule has 1 fully saturated rings. The molecule has 1 aromatic rings. The molecule has 1 aliphatic rings. The molecule has 0 aliphatic heterocycles. The van der Waals surface area contributed by atoms with E-state index in [-0.39, 0.29) is 6.03 Å². The second kappa shape index (κ2) is 5.25. The third-order valence-electron chi connectivity index (χ3n) is 2.80. The highest BCUT2D eigenvalue weighted by molar-refractivity contribution is 7.98. The minimum absolute atomic E-state index is 0.0915. The average Bonchev–Trinajstić information content (AvgIpc) is 2.24. The van der Waals surface area contributed by atoms with Crippen LogP contribution in [0.25, 0.3) is 0 Å². The molecule has 1 saturated carbocycles. The number of hydrogen-bond donors (Lipinski definition) is 2. The van der Waals surface area contributed by atoms with Gasteiger partial charge in [-0.05, 0) is 37.7 Å². The average molecular weight is 236 g/mol. The van der Waals surface area contributed by atoms with Crippen LogP contribution < -0.4 is 10.6 Å². The Morgan fingerprint density at radius 2 is 2.12 bits per heavy atom. The molecular weight excluding hydrogens is 220 g/mol. The van der Waals surface area contributed by atoms with Crippen LogP contribution in [0.3, 0.4) is 0 Å². The number of anilines is 1. The SMILES string of the molecule is CSc1ccccc1NC(=O)NC1CCC1. The maximum Gasteiger partial charge on any atom is 0.319 e. The van der Waals surface area contributed by atoms with E-state index >= 15 is 0 Å². The fourth-order valence-electron chi connectivity index (χ4n) is 1.64. The third-order valence-corrected chi connectivity index (χ3v) is 3.59. The van der Waals surface area contributed by atoms with E-state index in [4.69, 9.17) is 0 Å². The van der Waals surface area contributed by atoms with E-state index in [0.717, 1.165) is 23.4 Å². The van der Waals surface area contributed by atoms with E-state index in [2.05, 4.69) is 10.6 Å². The predicted molar refractivity (Wildman–Crippen MR) is 68.0 cm³/mol. The summed E-state index contributed by atoms with van der Waals surface area (Å²) in [6, 6.07) is 8.11. The summed E-state index contributed by atoms with van der Waals surface area (Å²) >= 11 is 1.63. The molecule has 0 bridgehead atoms. The van der Waals surface area contributed by atoms with Gasteiger partial charge in [-0.2, -0.15) is 0 Å². The lowest BCUT2D eigenvalue weighted by Crippen LogP contribution is -2.41. The third kappa shape index (κ3) is 2.70. The Labute approximate surface area is 100.0 Å². The fourth-order valence-corrected chi connectivity index (χ4v) is 2.20. The molecule has 0 unspecified atom stereocenters. The van der Waals surface area contributed by atoms with Crippen molar-refractivity contribution in [2.45, 2.75) is 30.2 Å². The molecule has 0 heterocycles. The van der Waals surface area contributed by atoms with Crippen LogP contribution in [0.5, 0.6) is 0 Å². The number of urea groups is 1. The standard InChI is InChI=1S/C12H16N2OS/c1-16-11-8-3-2-7-10(11)14-12(15)13-9-5-4-6-9/h2-3,7-9H,4-6H2,1H3,(H2,13,14,15).